The van der Waals surface area contributed by atoms with Crippen molar-refractivity contribution in [1.29, 1.82) is 0 Å². The van der Waals surface area contributed by atoms with E-state index in [0.717, 1.165) is 18.7 Å². The summed E-state index contributed by atoms with van der Waals surface area (Å²) < 4.78 is 0. The molecule has 0 bridgehead atoms. The number of carbonyl (C=O) groups is 2. The monoisotopic (exact) mass is 318 g/mol. The molecule has 1 heterocycles. The first kappa shape index (κ1) is 17.3. The number of nitrogens with two attached hydrogens (primary N) is 1. The van der Waals surface area contributed by atoms with E-state index in [1.54, 1.807) is 0 Å². The molecule has 0 aromatic heterocycles. The number of benzene rings is 1. The molecule has 2 amide bonds. The van der Waals surface area contributed by atoms with Crippen LogP contribution >= 0.6 is 0 Å². The van der Waals surface area contributed by atoms with Gasteiger partial charge in [0.2, 0.25) is 11.8 Å². The molecule has 0 saturated carbocycles. The van der Waals surface area contributed by atoms with Crippen LogP contribution < -0.4 is 11.1 Å². The first-order chi connectivity index (χ1) is 10.9. The lowest BCUT2D eigenvalue weighted by Gasteiger charge is -2.34. The van der Waals surface area contributed by atoms with E-state index in [1.165, 1.54) is 0 Å². The summed E-state index contributed by atoms with van der Waals surface area (Å²) in [5.74, 6) is 0.169. The Morgan fingerprint density at radius 2 is 1.74 bits per heavy atom. The lowest BCUT2D eigenvalue weighted by molar-refractivity contribution is -0.132. The van der Waals surface area contributed by atoms with Crippen LogP contribution in [0, 0.1) is 0 Å². The van der Waals surface area contributed by atoms with Gasteiger partial charge in [0.05, 0.1) is 13.0 Å². The molecule has 2 rings (SSSR count). The maximum Gasteiger partial charge on any atom is 0.234 e. The number of anilines is 1. The summed E-state index contributed by atoms with van der Waals surface area (Å²) >= 11 is 0. The van der Waals surface area contributed by atoms with Gasteiger partial charge in [-0.2, -0.15) is 0 Å². The molecule has 0 radical (unpaired) electrons. The van der Waals surface area contributed by atoms with Crippen LogP contribution in [-0.2, 0) is 16.0 Å². The van der Waals surface area contributed by atoms with Crippen molar-refractivity contribution in [2.75, 3.05) is 38.5 Å². The number of amides is 2. The van der Waals surface area contributed by atoms with Crippen molar-refractivity contribution < 1.29 is 9.59 Å². The molecule has 6 nitrogen and oxygen atoms in total. The molecule has 23 heavy (non-hydrogen) atoms. The van der Waals surface area contributed by atoms with Crippen LogP contribution in [0.1, 0.15) is 19.4 Å². The lowest BCUT2D eigenvalue weighted by atomic mass is 10.1. The molecule has 1 aliphatic heterocycles. The molecule has 6 heteroatoms. The summed E-state index contributed by atoms with van der Waals surface area (Å²) in [6.07, 6.45) is 0.397. The third-order valence-electron chi connectivity index (χ3n) is 3.88. The third-order valence-corrected chi connectivity index (χ3v) is 3.88. The van der Waals surface area contributed by atoms with Crippen LogP contribution in [0.2, 0.25) is 0 Å². The van der Waals surface area contributed by atoms with Crippen LogP contribution in [0.3, 0.4) is 0 Å². The zero-order valence-corrected chi connectivity index (χ0v) is 13.9. The standard InChI is InChI=1S/C17H26N4O2/c1-13(2)19-16(22)12-20-7-9-21(10-8-20)17(23)11-14-3-5-15(18)6-4-14/h3-6,13H,7-12,18H2,1-2H3,(H,19,22). The summed E-state index contributed by atoms with van der Waals surface area (Å²) in [7, 11) is 0. The zero-order valence-electron chi connectivity index (χ0n) is 13.9. The number of hydrogen-bond acceptors (Lipinski definition) is 4. The van der Waals surface area contributed by atoms with E-state index >= 15 is 0 Å². The maximum atomic E-state index is 12.3. The van der Waals surface area contributed by atoms with Crippen molar-refractivity contribution in [2.24, 2.45) is 0 Å². The average Bonchev–Trinajstić information content (AvgIpc) is 2.49. The van der Waals surface area contributed by atoms with E-state index in [9.17, 15) is 9.59 Å². The Hall–Kier alpha value is -2.08. The zero-order chi connectivity index (χ0) is 16.8. The summed E-state index contributed by atoms with van der Waals surface area (Å²) in [6.45, 7) is 7.11. The average molecular weight is 318 g/mol. The van der Waals surface area contributed by atoms with Gasteiger partial charge in [-0.3, -0.25) is 14.5 Å². The fourth-order valence-corrected chi connectivity index (χ4v) is 2.65. The summed E-state index contributed by atoms with van der Waals surface area (Å²) in [5, 5.41) is 2.89. The number of hydrogen-bond donors (Lipinski definition) is 2. The van der Waals surface area contributed by atoms with Crippen LogP contribution in [-0.4, -0.2) is 60.4 Å². The van der Waals surface area contributed by atoms with E-state index < -0.39 is 0 Å². The van der Waals surface area contributed by atoms with Crippen LogP contribution in [0.25, 0.3) is 0 Å². The minimum absolute atomic E-state index is 0.0432. The summed E-state index contributed by atoms with van der Waals surface area (Å²) in [5.41, 5.74) is 7.33. The third kappa shape index (κ3) is 5.56. The first-order valence-corrected chi connectivity index (χ1v) is 8.08. The lowest BCUT2D eigenvalue weighted by Crippen LogP contribution is -2.51. The largest absolute Gasteiger partial charge is 0.399 e. The molecular weight excluding hydrogens is 292 g/mol. The highest BCUT2D eigenvalue weighted by Gasteiger charge is 2.22. The number of nitrogens with one attached hydrogen (secondary N) is 1. The van der Waals surface area contributed by atoms with Gasteiger partial charge in [-0.1, -0.05) is 12.1 Å². The van der Waals surface area contributed by atoms with Crippen molar-refractivity contribution in [3.8, 4) is 0 Å². The number of nitrogen functional groups attached to an aromatic ring is 1. The Labute approximate surface area is 137 Å². The van der Waals surface area contributed by atoms with Crippen LogP contribution in [0.15, 0.2) is 24.3 Å². The molecule has 0 unspecified atom stereocenters. The number of carbonyl (C=O) groups excluding carboxylic acids is 2. The molecule has 0 atom stereocenters. The minimum Gasteiger partial charge on any atom is -0.399 e. The van der Waals surface area contributed by atoms with Crippen LogP contribution in [0.5, 0.6) is 0 Å². The van der Waals surface area contributed by atoms with E-state index in [1.807, 2.05) is 43.0 Å². The predicted molar refractivity (Wildman–Crippen MR) is 90.9 cm³/mol. The topological polar surface area (TPSA) is 78.7 Å². The quantitative estimate of drug-likeness (QED) is 0.774. The Morgan fingerprint density at radius 3 is 2.30 bits per heavy atom. The van der Waals surface area contributed by atoms with Gasteiger partial charge in [0.25, 0.3) is 0 Å². The SMILES string of the molecule is CC(C)NC(=O)CN1CCN(C(=O)Cc2ccc(N)cc2)CC1. The molecule has 3 N–H and O–H groups in total. The molecule has 0 aliphatic carbocycles. The highest BCUT2D eigenvalue weighted by Crippen LogP contribution is 2.09. The van der Waals surface area contributed by atoms with E-state index in [0.29, 0.717) is 31.7 Å². The summed E-state index contributed by atoms with van der Waals surface area (Å²) in [4.78, 5) is 28.0. The highest BCUT2D eigenvalue weighted by molar-refractivity contribution is 5.79. The normalized spacial score (nSPS) is 15.7. The Kier molecular flexibility index (Phi) is 5.98. The second-order valence-electron chi connectivity index (χ2n) is 6.30. The van der Waals surface area contributed by atoms with Gasteiger partial charge in [-0.15, -0.1) is 0 Å². The molecule has 1 aromatic carbocycles. The number of nitrogens with zero attached hydrogens (tertiary/aromatic N) is 2. The van der Waals surface area contributed by atoms with E-state index in [2.05, 4.69) is 10.2 Å². The van der Waals surface area contributed by atoms with Crippen LogP contribution in [0.4, 0.5) is 5.69 Å². The van der Waals surface area contributed by atoms with Gasteiger partial charge in [0.1, 0.15) is 0 Å². The Balaban J connectivity index is 1.76. The van der Waals surface area contributed by atoms with Gasteiger partial charge in [-0.05, 0) is 31.5 Å². The smallest absolute Gasteiger partial charge is 0.234 e. The van der Waals surface area contributed by atoms with Crippen molar-refractivity contribution in [3.05, 3.63) is 29.8 Å². The summed E-state index contributed by atoms with van der Waals surface area (Å²) in [6, 6.07) is 7.56. The second-order valence-corrected chi connectivity index (χ2v) is 6.30. The molecule has 0 spiro atoms. The van der Waals surface area contributed by atoms with Crippen molar-refractivity contribution in [3.63, 3.8) is 0 Å². The molecular formula is C17H26N4O2. The van der Waals surface area contributed by atoms with Crippen molar-refractivity contribution in [2.45, 2.75) is 26.3 Å². The van der Waals surface area contributed by atoms with Crippen molar-refractivity contribution >= 4 is 17.5 Å². The fourth-order valence-electron chi connectivity index (χ4n) is 2.65. The van der Waals surface area contributed by atoms with Gasteiger partial charge in [-0.25, -0.2) is 0 Å². The Bertz CT molecular complexity index is 534. The van der Waals surface area contributed by atoms with Gasteiger partial charge in [0, 0.05) is 37.9 Å². The first-order valence-electron chi connectivity index (χ1n) is 8.08. The number of rotatable bonds is 5. The van der Waals surface area contributed by atoms with Gasteiger partial charge in [0.15, 0.2) is 0 Å². The molecule has 1 aliphatic rings. The minimum atomic E-state index is 0.0432. The highest BCUT2D eigenvalue weighted by atomic mass is 16.2. The maximum absolute atomic E-state index is 12.3. The van der Waals surface area contributed by atoms with Crippen molar-refractivity contribution in [1.82, 2.24) is 15.1 Å². The van der Waals surface area contributed by atoms with E-state index in [4.69, 9.17) is 5.73 Å². The molecule has 126 valence electrons. The van der Waals surface area contributed by atoms with E-state index in [-0.39, 0.29) is 17.9 Å². The second kappa shape index (κ2) is 7.97. The van der Waals surface area contributed by atoms with Gasteiger partial charge < -0.3 is 16.0 Å². The molecule has 1 fully saturated rings. The fraction of sp³-hybridized carbons (Fsp3) is 0.529. The Morgan fingerprint density at radius 1 is 1.13 bits per heavy atom. The molecule has 1 aromatic rings. The number of piperazine rings is 1. The molecule has 1 saturated heterocycles. The van der Waals surface area contributed by atoms with Gasteiger partial charge >= 0.3 is 0 Å². The predicted octanol–water partition coefficient (Wildman–Crippen LogP) is 0.480.